The summed E-state index contributed by atoms with van der Waals surface area (Å²) in [6.07, 6.45) is -4.27. The van der Waals surface area contributed by atoms with Crippen LogP contribution in [0.4, 0.5) is 0 Å². The number of hydrogen-bond acceptors (Lipinski definition) is 4. The second-order valence-corrected chi connectivity index (χ2v) is 3.88. The quantitative estimate of drug-likeness (QED) is 0.552. The molecule has 0 saturated carbocycles. The van der Waals surface area contributed by atoms with Crippen LogP contribution in [0.3, 0.4) is 0 Å². The molecule has 4 N–H and O–H groups in total. The van der Waals surface area contributed by atoms with Gasteiger partial charge in [-0.15, -0.1) is 0 Å². The Balaban J connectivity index is 2.45. The minimum atomic E-state index is -1.63. The van der Waals surface area contributed by atoms with E-state index in [0.29, 0.717) is 0 Å². The predicted octanol–water partition coefficient (Wildman–Crippen LogP) is -0.595. The Bertz CT molecular complexity index is 353. The highest BCUT2D eigenvalue weighted by Gasteiger charge is 2.27. The van der Waals surface area contributed by atoms with Crippen molar-refractivity contribution < 1.29 is 20.1 Å². The smallest absolute Gasteiger partial charge is 0.251 e. The second-order valence-electron chi connectivity index (χ2n) is 3.88. The molecular weight excluding hydrogens is 222 g/mol. The van der Waals surface area contributed by atoms with Gasteiger partial charge < -0.3 is 20.6 Å². The van der Waals surface area contributed by atoms with Gasteiger partial charge in [0.15, 0.2) is 6.10 Å². The van der Waals surface area contributed by atoms with Crippen LogP contribution < -0.4 is 5.32 Å². The molecule has 0 aliphatic rings. The summed E-state index contributed by atoms with van der Waals surface area (Å²) in [4.78, 5) is 11.4. The largest absolute Gasteiger partial charge is 0.391 e. The standard InChI is InChI=1S/C12H17NO4/c1-8(14)10(15)11(16)12(17)13-7-9-5-3-2-4-6-9/h2-6,8,10-11,14-16H,7H2,1H3,(H,13,17)/t8-,10-,11+/m1/s1. The average molecular weight is 239 g/mol. The Hall–Kier alpha value is -1.43. The van der Waals surface area contributed by atoms with E-state index in [-0.39, 0.29) is 6.54 Å². The number of hydrogen-bond donors (Lipinski definition) is 4. The topological polar surface area (TPSA) is 89.8 Å². The van der Waals surface area contributed by atoms with Crippen molar-refractivity contribution in [2.45, 2.75) is 31.8 Å². The molecule has 3 atom stereocenters. The van der Waals surface area contributed by atoms with E-state index in [9.17, 15) is 15.0 Å². The lowest BCUT2D eigenvalue weighted by atomic mass is 10.1. The van der Waals surface area contributed by atoms with Crippen LogP contribution in [-0.2, 0) is 11.3 Å². The number of benzene rings is 1. The van der Waals surface area contributed by atoms with Crippen LogP contribution in [0, 0.1) is 0 Å². The van der Waals surface area contributed by atoms with E-state index < -0.39 is 24.2 Å². The molecule has 0 spiro atoms. The van der Waals surface area contributed by atoms with Gasteiger partial charge in [0, 0.05) is 6.54 Å². The molecule has 0 fully saturated rings. The van der Waals surface area contributed by atoms with Gasteiger partial charge in [0.2, 0.25) is 0 Å². The molecule has 0 aliphatic carbocycles. The molecule has 0 bridgehead atoms. The average Bonchev–Trinajstić information content (AvgIpc) is 2.35. The van der Waals surface area contributed by atoms with Gasteiger partial charge in [0.05, 0.1) is 6.10 Å². The predicted molar refractivity (Wildman–Crippen MR) is 62.0 cm³/mol. The van der Waals surface area contributed by atoms with Gasteiger partial charge in [-0.05, 0) is 12.5 Å². The summed E-state index contributed by atoms with van der Waals surface area (Å²) in [5.41, 5.74) is 0.889. The monoisotopic (exact) mass is 239 g/mol. The number of carbonyl (C=O) groups excluding carboxylic acids is 1. The summed E-state index contributed by atoms with van der Waals surface area (Å²) in [7, 11) is 0. The maximum atomic E-state index is 11.4. The van der Waals surface area contributed by atoms with Crippen LogP contribution in [0.2, 0.25) is 0 Å². The Morgan fingerprint density at radius 2 is 1.82 bits per heavy atom. The van der Waals surface area contributed by atoms with E-state index >= 15 is 0 Å². The fourth-order valence-electron chi connectivity index (χ4n) is 1.31. The zero-order chi connectivity index (χ0) is 12.8. The second kappa shape index (κ2) is 6.34. The fourth-order valence-corrected chi connectivity index (χ4v) is 1.31. The first-order valence-electron chi connectivity index (χ1n) is 5.38. The third kappa shape index (κ3) is 4.14. The lowest BCUT2D eigenvalue weighted by molar-refractivity contribution is -0.140. The highest BCUT2D eigenvalue weighted by Crippen LogP contribution is 2.01. The molecule has 1 amide bonds. The number of aliphatic hydroxyl groups is 3. The number of amides is 1. The highest BCUT2D eigenvalue weighted by molar-refractivity contribution is 5.81. The molecule has 94 valence electrons. The molecule has 1 rings (SSSR count). The summed E-state index contributed by atoms with van der Waals surface area (Å²) >= 11 is 0. The van der Waals surface area contributed by atoms with Crippen LogP contribution in [0.15, 0.2) is 30.3 Å². The Morgan fingerprint density at radius 3 is 2.35 bits per heavy atom. The summed E-state index contributed by atoms with van der Waals surface area (Å²) < 4.78 is 0. The zero-order valence-corrected chi connectivity index (χ0v) is 9.58. The van der Waals surface area contributed by atoms with Crippen LogP contribution in [0.5, 0.6) is 0 Å². The van der Waals surface area contributed by atoms with Crippen LogP contribution >= 0.6 is 0 Å². The van der Waals surface area contributed by atoms with Crippen molar-refractivity contribution in [2.24, 2.45) is 0 Å². The van der Waals surface area contributed by atoms with E-state index in [1.807, 2.05) is 30.3 Å². The Kier molecular flexibility index (Phi) is 5.09. The Labute approximate surface area is 99.7 Å². The van der Waals surface area contributed by atoms with E-state index in [2.05, 4.69) is 5.32 Å². The molecule has 0 radical (unpaired) electrons. The molecule has 0 saturated heterocycles. The van der Waals surface area contributed by atoms with E-state index in [0.717, 1.165) is 5.56 Å². The Morgan fingerprint density at radius 1 is 1.24 bits per heavy atom. The summed E-state index contributed by atoms with van der Waals surface area (Å²) in [5.74, 6) is -0.706. The first kappa shape index (κ1) is 13.6. The maximum Gasteiger partial charge on any atom is 0.251 e. The zero-order valence-electron chi connectivity index (χ0n) is 9.58. The van der Waals surface area contributed by atoms with E-state index in [1.54, 1.807) is 0 Å². The molecule has 1 aromatic rings. The van der Waals surface area contributed by atoms with Crippen molar-refractivity contribution in [3.05, 3.63) is 35.9 Å². The van der Waals surface area contributed by atoms with Crippen molar-refractivity contribution in [1.29, 1.82) is 0 Å². The van der Waals surface area contributed by atoms with Crippen LogP contribution in [-0.4, -0.2) is 39.5 Å². The van der Waals surface area contributed by atoms with Crippen molar-refractivity contribution in [2.75, 3.05) is 0 Å². The van der Waals surface area contributed by atoms with Crippen LogP contribution in [0.1, 0.15) is 12.5 Å². The fraction of sp³-hybridized carbons (Fsp3) is 0.417. The van der Waals surface area contributed by atoms with Gasteiger partial charge in [0.25, 0.3) is 5.91 Å². The van der Waals surface area contributed by atoms with E-state index in [1.165, 1.54) is 6.92 Å². The summed E-state index contributed by atoms with van der Waals surface area (Å²) in [6.45, 7) is 1.57. The molecule has 1 aromatic carbocycles. The summed E-state index contributed by atoms with van der Waals surface area (Å²) in [5, 5.41) is 30.2. The van der Waals surface area contributed by atoms with Crippen molar-refractivity contribution >= 4 is 5.91 Å². The van der Waals surface area contributed by atoms with Gasteiger partial charge >= 0.3 is 0 Å². The third-order valence-electron chi connectivity index (χ3n) is 2.40. The van der Waals surface area contributed by atoms with Crippen molar-refractivity contribution in [3.8, 4) is 0 Å². The number of nitrogens with one attached hydrogen (secondary N) is 1. The molecule has 5 heteroatoms. The van der Waals surface area contributed by atoms with Gasteiger partial charge in [-0.1, -0.05) is 30.3 Å². The normalized spacial score (nSPS) is 16.0. The minimum absolute atomic E-state index is 0.267. The molecule has 0 heterocycles. The first-order chi connectivity index (χ1) is 8.02. The lowest BCUT2D eigenvalue weighted by Gasteiger charge is -2.19. The van der Waals surface area contributed by atoms with Gasteiger partial charge in [-0.25, -0.2) is 0 Å². The molecule has 0 aliphatic heterocycles. The third-order valence-corrected chi connectivity index (χ3v) is 2.40. The number of rotatable bonds is 5. The van der Waals surface area contributed by atoms with E-state index in [4.69, 9.17) is 5.11 Å². The highest BCUT2D eigenvalue weighted by atomic mass is 16.4. The molecule has 0 aromatic heterocycles. The number of aliphatic hydroxyl groups excluding tert-OH is 3. The molecule has 0 unspecified atom stereocenters. The minimum Gasteiger partial charge on any atom is -0.391 e. The SMILES string of the molecule is C[C@@H](O)[C@@H](O)[C@H](O)C(=O)NCc1ccccc1. The lowest BCUT2D eigenvalue weighted by Crippen LogP contribution is -2.46. The van der Waals surface area contributed by atoms with Crippen molar-refractivity contribution in [1.82, 2.24) is 5.32 Å². The number of carbonyl (C=O) groups is 1. The molecule has 17 heavy (non-hydrogen) atoms. The summed E-state index contributed by atoms with van der Waals surface area (Å²) in [6, 6.07) is 9.19. The van der Waals surface area contributed by atoms with Crippen LogP contribution in [0.25, 0.3) is 0 Å². The molecule has 5 nitrogen and oxygen atoms in total. The van der Waals surface area contributed by atoms with Gasteiger partial charge in [0.1, 0.15) is 6.10 Å². The maximum absolute atomic E-state index is 11.4. The van der Waals surface area contributed by atoms with Gasteiger partial charge in [-0.2, -0.15) is 0 Å². The van der Waals surface area contributed by atoms with Gasteiger partial charge in [-0.3, -0.25) is 4.79 Å². The van der Waals surface area contributed by atoms with Crippen molar-refractivity contribution in [3.63, 3.8) is 0 Å². The molecular formula is C12H17NO4. The first-order valence-corrected chi connectivity index (χ1v) is 5.38.